The molecule has 6 nitrogen and oxygen atoms in total. The molecule has 0 radical (unpaired) electrons. The smallest absolute Gasteiger partial charge is 0.264 e. The number of anilines is 1. The summed E-state index contributed by atoms with van der Waals surface area (Å²) in [6, 6.07) is 7.93. The largest absolute Gasteiger partial charge is 0.497 e. The quantitative estimate of drug-likeness (QED) is 0.747. The first-order valence-electron chi connectivity index (χ1n) is 8.68. The number of fused-ring (bicyclic) bond motifs is 2. The lowest BCUT2D eigenvalue weighted by atomic mass is 10.1. The Morgan fingerprint density at radius 1 is 1.35 bits per heavy atom. The molecular weight excluding hydrogens is 350 g/mol. The van der Waals surface area contributed by atoms with Gasteiger partial charge in [-0.3, -0.25) is 9.36 Å². The van der Waals surface area contributed by atoms with Gasteiger partial charge in [-0.2, -0.15) is 0 Å². The second-order valence-corrected chi connectivity index (χ2v) is 7.36. The minimum absolute atomic E-state index is 0.00964. The van der Waals surface area contributed by atoms with Gasteiger partial charge in [-0.05, 0) is 31.0 Å². The molecule has 0 amide bonds. The Labute approximate surface area is 155 Å². The Hall–Kier alpha value is -2.38. The molecule has 3 heterocycles. The highest BCUT2D eigenvalue weighted by Crippen LogP contribution is 2.34. The number of benzene rings is 1. The number of rotatable bonds is 5. The van der Waals surface area contributed by atoms with Crippen molar-refractivity contribution in [1.82, 2.24) is 9.55 Å². The number of hydrogen-bond acceptors (Lipinski definition) is 6. The molecule has 136 valence electrons. The third-order valence-corrected chi connectivity index (χ3v) is 5.74. The molecule has 26 heavy (non-hydrogen) atoms. The summed E-state index contributed by atoms with van der Waals surface area (Å²) in [6.45, 7) is 3.55. The van der Waals surface area contributed by atoms with Crippen LogP contribution in [0, 0.1) is 0 Å². The van der Waals surface area contributed by atoms with Crippen molar-refractivity contribution in [1.29, 1.82) is 0 Å². The first kappa shape index (κ1) is 17.1. The van der Waals surface area contributed by atoms with Crippen LogP contribution in [0.5, 0.6) is 5.75 Å². The average Bonchev–Trinajstić information content (AvgIpc) is 3.22. The number of ether oxygens (including phenoxy) is 1. The molecule has 0 unspecified atom stereocenters. The summed E-state index contributed by atoms with van der Waals surface area (Å²) in [7, 11) is 1.64. The Bertz CT molecular complexity index is 994. The van der Waals surface area contributed by atoms with E-state index < -0.39 is 0 Å². The molecule has 0 saturated heterocycles. The standard InChI is InChI=1S/C19H21N3O3S/c1-12-10-22-18(24)16-15(13-4-6-14(25-2)7-5-13)11-26-17(16)20-19(22)21(12)8-3-9-23/h4-7,11-12,23H,3,8-10H2,1-2H3/t12-/m0/s1. The summed E-state index contributed by atoms with van der Waals surface area (Å²) >= 11 is 1.49. The van der Waals surface area contributed by atoms with Crippen molar-refractivity contribution in [2.75, 3.05) is 25.2 Å². The van der Waals surface area contributed by atoms with Gasteiger partial charge in [0.15, 0.2) is 0 Å². The maximum atomic E-state index is 13.2. The van der Waals surface area contributed by atoms with Gasteiger partial charge in [0.05, 0.1) is 12.5 Å². The van der Waals surface area contributed by atoms with Crippen LogP contribution >= 0.6 is 11.3 Å². The third kappa shape index (κ3) is 2.68. The maximum absolute atomic E-state index is 13.2. The van der Waals surface area contributed by atoms with Crippen molar-refractivity contribution < 1.29 is 9.84 Å². The lowest BCUT2D eigenvalue weighted by Crippen LogP contribution is -2.31. The van der Waals surface area contributed by atoms with Crippen LogP contribution in [0.15, 0.2) is 34.4 Å². The molecular formula is C19H21N3O3S. The van der Waals surface area contributed by atoms with Crippen molar-refractivity contribution in [3.8, 4) is 16.9 Å². The fourth-order valence-corrected chi connectivity index (χ4v) is 4.43. The van der Waals surface area contributed by atoms with E-state index in [2.05, 4.69) is 11.8 Å². The van der Waals surface area contributed by atoms with Crippen molar-refractivity contribution in [2.24, 2.45) is 0 Å². The molecule has 4 rings (SSSR count). The van der Waals surface area contributed by atoms with Crippen LogP contribution in [0.4, 0.5) is 5.95 Å². The first-order valence-corrected chi connectivity index (χ1v) is 9.56. The summed E-state index contributed by atoms with van der Waals surface area (Å²) in [6.07, 6.45) is 0.666. The van der Waals surface area contributed by atoms with Gasteiger partial charge in [-0.15, -0.1) is 11.3 Å². The predicted octanol–water partition coefficient (Wildman–Crippen LogP) is 2.72. The van der Waals surface area contributed by atoms with Crippen LogP contribution in [0.25, 0.3) is 21.3 Å². The molecule has 0 fully saturated rings. The van der Waals surface area contributed by atoms with Crippen LogP contribution in [0.3, 0.4) is 0 Å². The number of thiophene rings is 1. The summed E-state index contributed by atoms with van der Waals surface area (Å²) < 4.78 is 6.98. The van der Waals surface area contributed by atoms with Crippen molar-refractivity contribution >= 4 is 27.5 Å². The summed E-state index contributed by atoms with van der Waals surface area (Å²) in [5.41, 5.74) is 1.91. The highest BCUT2D eigenvalue weighted by atomic mass is 32.1. The molecule has 1 aromatic carbocycles. The fourth-order valence-electron chi connectivity index (χ4n) is 3.50. The van der Waals surface area contributed by atoms with E-state index in [9.17, 15) is 4.79 Å². The van der Waals surface area contributed by atoms with E-state index >= 15 is 0 Å². The minimum atomic E-state index is 0.00964. The SMILES string of the molecule is COc1ccc(-c2csc3nc4n(c(=O)c23)C[C@H](C)N4CCCO)cc1. The monoisotopic (exact) mass is 371 g/mol. The number of aliphatic hydroxyl groups is 1. The van der Waals surface area contributed by atoms with E-state index in [1.54, 1.807) is 11.7 Å². The van der Waals surface area contributed by atoms with Gasteiger partial charge in [0.1, 0.15) is 10.6 Å². The number of methoxy groups -OCH3 is 1. The van der Waals surface area contributed by atoms with E-state index in [0.717, 1.165) is 21.7 Å². The Kier molecular flexibility index (Phi) is 4.42. The molecule has 2 aromatic heterocycles. The van der Waals surface area contributed by atoms with Crippen LogP contribution in [-0.2, 0) is 6.54 Å². The lowest BCUT2D eigenvalue weighted by molar-refractivity contribution is 0.288. The van der Waals surface area contributed by atoms with Gasteiger partial charge in [0.2, 0.25) is 5.95 Å². The number of aliphatic hydroxyl groups excluding tert-OH is 1. The molecule has 1 atom stereocenters. The molecule has 3 aromatic rings. The normalized spacial score (nSPS) is 16.3. The molecule has 0 aliphatic carbocycles. The average molecular weight is 371 g/mol. The van der Waals surface area contributed by atoms with E-state index in [4.69, 9.17) is 14.8 Å². The Balaban J connectivity index is 1.83. The Morgan fingerprint density at radius 2 is 2.12 bits per heavy atom. The van der Waals surface area contributed by atoms with E-state index in [1.807, 2.05) is 29.6 Å². The molecule has 0 saturated carbocycles. The lowest BCUT2D eigenvalue weighted by Gasteiger charge is -2.21. The highest BCUT2D eigenvalue weighted by Gasteiger charge is 2.30. The number of nitrogens with zero attached hydrogens (tertiary/aromatic N) is 3. The van der Waals surface area contributed by atoms with Crippen molar-refractivity contribution in [3.05, 3.63) is 40.0 Å². The van der Waals surface area contributed by atoms with Crippen molar-refractivity contribution in [2.45, 2.75) is 25.9 Å². The summed E-state index contributed by atoms with van der Waals surface area (Å²) in [5, 5.41) is 11.8. The van der Waals surface area contributed by atoms with Crippen LogP contribution in [0.1, 0.15) is 13.3 Å². The third-order valence-electron chi connectivity index (χ3n) is 4.87. The van der Waals surface area contributed by atoms with E-state index in [-0.39, 0.29) is 18.2 Å². The molecule has 1 aliphatic rings. The van der Waals surface area contributed by atoms with Gasteiger partial charge < -0.3 is 14.7 Å². The maximum Gasteiger partial charge on any atom is 0.264 e. The van der Waals surface area contributed by atoms with Crippen LogP contribution in [0.2, 0.25) is 0 Å². The van der Waals surface area contributed by atoms with Gasteiger partial charge in [-0.1, -0.05) is 12.1 Å². The van der Waals surface area contributed by atoms with Crippen LogP contribution < -0.4 is 15.2 Å². The number of hydrogen-bond donors (Lipinski definition) is 1. The second kappa shape index (κ2) is 6.74. The van der Waals surface area contributed by atoms with E-state index in [1.165, 1.54) is 11.3 Å². The van der Waals surface area contributed by atoms with Gasteiger partial charge in [0.25, 0.3) is 5.56 Å². The summed E-state index contributed by atoms with van der Waals surface area (Å²) in [5.74, 6) is 1.50. The predicted molar refractivity (Wildman–Crippen MR) is 104 cm³/mol. The fraction of sp³-hybridized carbons (Fsp3) is 0.368. The summed E-state index contributed by atoms with van der Waals surface area (Å²) in [4.78, 5) is 20.8. The molecule has 0 spiro atoms. The zero-order chi connectivity index (χ0) is 18.3. The van der Waals surface area contributed by atoms with Gasteiger partial charge in [0, 0.05) is 36.7 Å². The minimum Gasteiger partial charge on any atom is -0.497 e. The van der Waals surface area contributed by atoms with Crippen LogP contribution in [-0.4, -0.2) is 41.0 Å². The second-order valence-electron chi connectivity index (χ2n) is 6.51. The molecule has 0 bridgehead atoms. The van der Waals surface area contributed by atoms with Crippen molar-refractivity contribution in [3.63, 3.8) is 0 Å². The first-order chi connectivity index (χ1) is 12.6. The zero-order valence-corrected chi connectivity index (χ0v) is 15.6. The van der Waals surface area contributed by atoms with Gasteiger partial charge >= 0.3 is 0 Å². The highest BCUT2D eigenvalue weighted by molar-refractivity contribution is 7.17. The molecule has 1 N–H and O–H groups in total. The zero-order valence-electron chi connectivity index (χ0n) is 14.8. The molecule has 7 heteroatoms. The van der Waals surface area contributed by atoms with Gasteiger partial charge in [-0.25, -0.2) is 4.98 Å². The molecule has 1 aliphatic heterocycles. The van der Waals surface area contributed by atoms with E-state index in [0.29, 0.717) is 30.8 Å². The topological polar surface area (TPSA) is 67.6 Å². The Morgan fingerprint density at radius 3 is 2.81 bits per heavy atom. The number of aromatic nitrogens is 2.